The lowest BCUT2D eigenvalue weighted by Crippen LogP contribution is -2.13. The Morgan fingerprint density at radius 1 is 1.06 bits per heavy atom. The van der Waals surface area contributed by atoms with Crippen LogP contribution in [-0.2, 0) is 11.4 Å². The molecule has 6 nitrogen and oxygen atoms in total. The number of nitriles is 1. The zero-order chi connectivity index (χ0) is 23.8. The number of anilines is 1. The Labute approximate surface area is 198 Å². The summed E-state index contributed by atoms with van der Waals surface area (Å²) < 4.78 is 16.2. The third-order valence-corrected chi connectivity index (χ3v) is 5.05. The summed E-state index contributed by atoms with van der Waals surface area (Å²) in [6, 6.07) is 20.2. The maximum Gasteiger partial charge on any atom is 0.266 e. The number of rotatable bonds is 8. The van der Waals surface area contributed by atoms with E-state index in [0.29, 0.717) is 40.1 Å². The molecule has 0 saturated carbocycles. The van der Waals surface area contributed by atoms with Crippen molar-refractivity contribution < 1.29 is 19.0 Å². The largest absolute Gasteiger partial charge is 0.493 e. The molecule has 0 aliphatic rings. The smallest absolute Gasteiger partial charge is 0.266 e. The highest BCUT2D eigenvalue weighted by Crippen LogP contribution is 2.36. The minimum Gasteiger partial charge on any atom is -0.493 e. The van der Waals surface area contributed by atoms with E-state index in [1.54, 1.807) is 36.4 Å². The molecule has 3 aromatic rings. The number of halogens is 1. The summed E-state index contributed by atoms with van der Waals surface area (Å²) in [5, 5.41) is 12.5. The van der Waals surface area contributed by atoms with Crippen LogP contribution in [0.15, 0.2) is 66.2 Å². The van der Waals surface area contributed by atoms with Crippen molar-refractivity contribution in [2.75, 3.05) is 19.5 Å². The lowest BCUT2D eigenvalue weighted by atomic mass is 10.1. The van der Waals surface area contributed by atoms with E-state index in [1.807, 2.05) is 37.3 Å². The Hall–Kier alpha value is -3.95. The van der Waals surface area contributed by atoms with Crippen LogP contribution in [0.5, 0.6) is 17.2 Å². The minimum atomic E-state index is -0.545. The fourth-order valence-electron chi connectivity index (χ4n) is 3.02. The normalized spacial score (nSPS) is 10.8. The van der Waals surface area contributed by atoms with Crippen LogP contribution in [0.4, 0.5) is 5.69 Å². The number of carbonyl (C=O) groups is 1. The molecule has 1 amide bonds. The number of nitrogens with zero attached hydrogens (tertiary/aromatic N) is 1. The molecule has 0 aliphatic heterocycles. The summed E-state index contributed by atoms with van der Waals surface area (Å²) in [5.74, 6) is 0.903. The standard InChI is InChI=1S/C26H23ClN2O4/c1-17-4-6-18(7-5-17)16-33-22-10-8-21(9-11-22)29-26(30)20(15-28)12-19-13-23(27)25(32-3)24(14-19)31-2/h4-14H,16H2,1-3H3,(H,29,30)/b20-12+. The Balaban J connectivity index is 1.67. The molecule has 0 unspecified atom stereocenters. The minimum absolute atomic E-state index is 0.0852. The first-order valence-corrected chi connectivity index (χ1v) is 10.4. The molecule has 1 N–H and O–H groups in total. The van der Waals surface area contributed by atoms with Gasteiger partial charge in [0.15, 0.2) is 11.5 Å². The Morgan fingerprint density at radius 2 is 1.76 bits per heavy atom. The molecule has 0 bridgehead atoms. The number of methoxy groups -OCH3 is 2. The van der Waals surface area contributed by atoms with Gasteiger partial charge < -0.3 is 19.5 Å². The second kappa shape index (κ2) is 11.1. The van der Waals surface area contributed by atoms with E-state index in [0.717, 1.165) is 5.56 Å². The number of aryl methyl sites for hydroxylation is 1. The van der Waals surface area contributed by atoms with Gasteiger partial charge in [-0.05, 0) is 60.5 Å². The molecule has 0 heterocycles. The van der Waals surface area contributed by atoms with Crippen LogP contribution < -0.4 is 19.5 Å². The summed E-state index contributed by atoms with van der Waals surface area (Å²) in [6.45, 7) is 2.48. The van der Waals surface area contributed by atoms with Gasteiger partial charge in [-0.2, -0.15) is 5.26 Å². The summed E-state index contributed by atoms with van der Waals surface area (Å²) in [5.41, 5.74) is 3.24. The van der Waals surface area contributed by atoms with Gasteiger partial charge in [0, 0.05) is 5.69 Å². The third kappa shape index (κ3) is 6.28. The van der Waals surface area contributed by atoms with Crippen molar-refractivity contribution in [3.63, 3.8) is 0 Å². The predicted octanol–water partition coefficient (Wildman–Crippen LogP) is 5.79. The van der Waals surface area contributed by atoms with Crippen LogP contribution in [-0.4, -0.2) is 20.1 Å². The van der Waals surface area contributed by atoms with Gasteiger partial charge >= 0.3 is 0 Å². The molecular weight excluding hydrogens is 440 g/mol. The molecule has 3 rings (SSSR count). The average molecular weight is 463 g/mol. The Bertz CT molecular complexity index is 1200. The van der Waals surface area contributed by atoms with Crippen molar-refractivity contribution in [2.45, 2.75) is 13.5 Å². The molecule has 0 aromatic heterocycles. The molecule has 7 heteroatoms. The van der Waals surface area contributed by atoms with Gasteiger partial charge in [-0.25, -0.2) is 0 Å². The van der Waals surface area contributed by atoms with E-state index < -0.39 is 5.91 Å². The first-order valence-electron chi connectivity index (χ1n) is 10.1. The number of hydrogen-bond acceptors (Lipinski definition) is 5. The molecule has 0 saturated heterocycles. The zero-order valence-corrected chi connectivity index (χ0v) is 19.3. The van der Waals surface area contributed by atoms with E-state index in [-0.39, 0.29) is 5.57 Å². The van der Waals surface area contributed by atoms with Crippen LogP contribution >= 0.6 is 11.6 Å². The highest BCUT2D eigenvalue weighted by Gasteiger charge is 2.13. The van der Waals surface area contributed by atoms with Crippen LogP contribution in [0.3, 0.4) is 0 Å². The maximum absolute atomic E-state index is 12.6. The third-order valence-electron chi connectivity index (χ3n) is 4.77. The van der Waals surface area contributed by atoms with E-state index >= 15 is 0 Å². The lowest BCUT2D eigenvalue weighted by Gasteiger charge is -2.11. The van der Waals surface area contributed by atoms with Crippen molar-refractivity contribution in [3.05, 3.63) is 87.9 Å². The van der Waals surface area contributed by atoms with Crippen LogP contribution in [0.1, 0.15) is 16.7 Å². The number of hydrogen-bond donors (Lipinski definition) is 1. The first-order chi connectivity index (χ1) is 15.9. The zero-order valence-electron chi connectivity index (χ0n) is 18.5. The number of ether oxygens (including phenoxy) is 3. The summed E-state index contributed by atoms with van der Waals surface area (Å²) >= 11 is 6.21. The number of nitrogens with one attached hydrogen (secondary N) is 1. The number of carbonyl (C=O) groups excluding carboxylic acids is 1. The topological polar surface area (TPSA) is 80.6 Å². The second-order valence-electron chi connectivity index (χ2n) is 7.16. The summed E-state index contributed by atoms with van der Waals surface area (Å²) in [7, 11) is 2.96. The monoisotopic (exact) mass is 462 g/mol. The van der Waals surface area contributed by atoms with Gasteiger partial charge in [0.1, 0.15) is 24.0 Å². The Kier molecular flexibility index (Phi) is 7.96. The highest BCUT2D eigenvalue weighted by molar-refractivity contribution is 6.32. The van der Waals surface area contributed by atoms with Gasteiger partial charge in [-0.15, -0.1) is 0 Å². The number of amides is 1. The summed E-state index contributed by atoms with van der Waals surface area (Å²) in [6.07, 6.45) is 1.43. The van der Waals surface area contributed by atoms with Crippen molar-refractivity contribution in [3.8, 4) is 23.3 Å². The molecule has 0 spiro atoms. The molecule has 0 fully saturated rings. The van der Waals surface area contributed by atoms with Gasteiger partial charge in [-0.3, -0.25) is 4.79 Å². The van der Waals surface area contributed by atoms with Gasteiger partial charge in [0.25, 0.3) is 5.91 Å². The Morgan fingerprint density at radius 3 is 2.36 bits per heavy atom. The van der Waals surface area contributed by atoms with Gasteiger partial charge in [0.2, 0.25) is 0 Å². The maximum atomic E-state index is 12.6. The fourth-order valence-corrected chi connectivity index (χ4v) is 3.32. The average Bonchev–Trinajstić information content (AvgIpc) is 2.82. The van der Waals surface area contributed by atoms with E-state index in [1.165, 1.54) is 25.9 Å². The van der Waals surface area contributed by atoms with Crippen LogP contribution in [0.25, 0.3) is 6.08 Å². The quantitative estimate of drug-likeness (QED) is 0.338. The van der Waals surface area contributed by atoms with Gasteiger partial charge in [0.05, 0.1) is 19.2 Å². The van der Waals surface area contributed by atoms with Crippen LogP contribution in [0.2, 0.25) is 5.02 Å². The van der Waals surface area contributed by atoms with Gasteiger partial charge in [-0.1, -0.05) is 41.4 Å². The second-order valence-corrected chi connectivity index (χ2v) is 7.57. The molecule has 0 radical (unpaired) electrons. The fraction of sp³-hybridized carbons (Fsp3) is 0.154. The van der Waals surface area contributed by atoms with Crippen molar-refractivity contribution in [1.29, 1.82) is 5.26 Å². The predicted molar refractivity (Wildman–Crippen MR) is 129 cm³/mol. The molecule has 0 atom stereocenters. The van der Waals surface area contributed by atoms with Crippen molar-refractivity contribution in [2.24, 2.45) is 0 Å². The van der Waals surface area contributed by atoms with E-state index in [2.05, 4.69) is 5.32 Å². The van der Waals surface area contributed by atoms with Crippen LogP contribution in [0, 0.1) is 18.3 Å². The highest BCUT2D eigenvalue weighted by atomic mass is 35.5. The van der Waals surface area contributed by atoms with Crippen molar-refractivity contribution >= 4 is 29.3 Å². The first kappa shape index (κ1) is 23.7. The molecular formula is C26H23ClN2O4. The number of benzene rings is 3. The lowest BCUT2D eigenvalue weighted by molar-refractivity contribution is -0.112. The van der Waals surface area contributed by atoms with E-state index in [9.17, 15) is 10.1 Å². The molecule has 33 heavy (non-hydrogen) atoms. The molecule has 3 aromatic carbocycles. The van der Waals surface area contributed by atoms with Crippen molar-refractivity contribution in [1.82, 2.24) is 0 Å². The molecule has 0 aliphatic carbocycles. The SMILES string of the molecule is COc1cc(/C=C(\C#N)C(=O)Nc2ccc(OCc3ccc(C)cc3)cc2)cc(Cl)c1OC. The molecule has 168 valence electrons. The summed E-state index contributed by atoms with van der Waals surface area (Å²) in [4.78, 5) is 12.6. The van der Waals surface area contributed by atoms with E-state index in [4.69, 9.17) is 25.8 Å².